The van der Waals surface area contributed by atoms with Gasteiger partial charge in [0, 0.05) is 10.0 Å². The number of ketones is 1. The van der Waals surface area contributed by atoms with Crippen molar-refractivity contribution in [1.82, 2.24) is 0 Å². The van der Waals surface area contributed by atoms with Gasteiger partial charge in [0.1, 0.15) is 0 Å². The molecule has 1 aromatic rings. The minimum absolute atomic E-state index is 0.183. The molecule has 0 aliphatic heterocycles. The number of rotatable bonds is 1. The third-order valence-electron chi connectivity index (χ3n) is 1.89. The van der Waals surface area contributed by atoms with E-state index in [1.54, 1.807) is 6.92 Å². The highest BCUT2D eigenvalue weighted by Crippen LogP contribution is 2.36. The van der Waals surface area contributed by atoms with Gasteiger partial charge in [0.2, 0.25) is 0 Å². The molecule has 0 saturated heterocycles. The van der Waals surface area contributed by atoms with Gasteiger partial charge in [-0.1, -0.05) is 15.9 Å². The molecule has 0 amide bonds. The molecule has 0 atom stereocenters. The second-order valence-electron chi connectivity index (χ2n) is 3.22. The van der Waals surface area contributed by atoms with Gasteiger partial charge in [0.05, 0.1) is 5.56 Å². The van der Waals surface area contributed by atoms with Gasteiger partial charge in [-0.3, -0.25) is 4.79 Å². The van der Waals surface area contributed by atoms with Crippen LogP contribution in [-0.4, -0.2) is 5.78 Å². The lowest BCUT2D eigenvalue weighted by Crippen LogP contribution is -2.12. The van der Waals surface area contributed by atoms with Crippen LogP contribution in [0.15, 0.2) is 16.6 Å². The van der Waals surface area contributed by atoms with Crippen LogP contribution in [-0.2, 0) is 6.18 Å². The summed E-state index contributed by atoms with van der Waals surface area (Å²) in [6.45, 7) is 2.66. The van der Waals surface area contributed by atoms with Gasteiger partial charge >= 0.3 is 6.18 Å². The lowest BCUT2D eigenvalue weighted by molar-refractivity contribution is -0.138. The number of benzene rings is 1. The van der Waals surface area contributed by atoms with Crippen LogP contribution in [0.25, 0.3) is 0 Å². The Morgan fingerprint density at radius 3 is 2.27 bits per heavy atom. The average Bonchev–Trinajstić information content (AvgIpc) is 1.99. The first-order valence-electron chi connectivity index (χ1n) is 4.11. The topological polar surface area (TPSA) is 17.1 Å². The number of Topliss-reactive ketones (excluding diaryl/α,β-unsaturated/α-hetero) is 1. The van der Waals surface area contributed by atoms with Crippen LogP contribution in [0.3, 0.4) is 0 Å². The summed E-state index contributed by atoms with van der Waals surface area (Å²) in [6, 6.07) is 2.47. The molecule has 0 saturated carbocycles. The van der Waals surface area contributed by atoms with Gasteiger partial charge in [-0.2, -0.15) is 13.2 Å². The third-order valence-corrected chi connectivity index (χ3v) is 2.52. The minimum Gasteiger partial charge on any atom is -0.294 e. The highest BCUT2D eigenvalue weighted by molar-refractivity contribution is 9.10. The second kappa shape index (κ2) is 3.96. The lowest BCUT2D eigenvalue weighted by atomic mass is 10.0. The Morgan fingerprint density at radius 1 is 1.33 bits per heavy atom. The van der Waals surface area contributed by atoms with Crippen molar-refractivity contribution in [3.05, 3.63) is 33.3 Å². The molecule has 82 valence electrons. The van der Waals surface area contributed by atoms with E-state index in [4.69, 9.17) is 0 Å². The van der Waals surface area contributed by atoms with E-state index in [0.717, 1.165) is 13.0 Å². The summed E-state index contributed by atoms with van der Waals surface area (Å²) in [5.41, 5.74) is -0.742. The van der Waals surface area contributed by atoms with Gasteiger partial charge in [0.15, 0.2) is 5.78 Å². The van der Waals surface area contributed by atoms with E-state index in [-0.39, 0.29) is 10.0 Å². The Kier molecular flexibility index (Phi) is 3.23. The molecule has 0 aliphatic rings. The zero-order valence-corrected chi connectivity index (χ0v) is 9.66. The van der Waals surface area contributed by atoms with Gasteiger partial charge in [-0.25, -0.2) is 0 Å². The zero-order chi connectivity index (χ0) is 11.8. The van der Waals surface area contributed by atoms with E-state index in [2.05, 4.69) is 15.9 Å². The molecule has 0 unspecified atom stereocenters. The van der Waals surface area contributed by atoms with Crippen molar-refractivity contribution in [2.24, 2.45) is 0 Å². The fraction of sp³-hybridized carbons (Fsp3) is 0.300. The largest absolute Gasteiger partial charge is 0.417 e. The predicted octanol–water partition coefficient (Wildman–Crippen LogP) is 3.98. The summed E-state index contributed by atoms with van der Waals surface area (Å²) in [7, 11) is 0. The number of hydrogen-bond acceptors (Lipinski definition) is 1. The van der Waals surface area contributed by atoms with Gasteiger partial charge < -0.3 is 0 Å². The van der Waals surface area contributed by atoms with Crippen LogP contribution in [0.4, 0.5) is 13.2 Å². The van der Waals surface area contributed by atoms with Crippen molar-refractivity contribution >= 4 is 21.7 Å². The molecule has 1 nitrogen and oxygen atoms in total. The van der Waals surface area contributed by atoms with Crippen LogP contribution in [0.2, 0.25) is 0 Å². The Bertz CT molecular complexity index is 410. The molecule has 0 spiro atoms. The fourth-order valence-corrected chi connectivity index (χ4v) is 2.18. The molecule has 0 fully saturated rings. The molecule has 0 aromatic heterocycles. The molecule has 0 bridgehead atoms. The average molecular weight is 281 g/mol. The Balaban J connectivity index is 3.54. The summed E-state index contributed by atoms with van der Waals surface area (Å²) in [5.74, 6) is -0.603. The van der Waals surface area contributed by atoms with Gasteiger partial charge in [0.25, 0.3) is 0 Å². The maximum Gasteiger partial charge on any atom is 0.417 e. The Hall–Kier alpha value is -0.840. The molecule has 15 heavy (non-hydrogen) atoms. The first-order valence-corrected chi connectivity index (χ1v) is 4.91. The standard InChI is InChI=1S/C10H8BrF3O/c1-5-3-7(10(12,13)14)9(6(2)15)8(11)4-5/h3-4H,1-2H3. The van der Waals surface area contributed by atoms with E-state index >= 15 is 0 Å². The monoisotopic (exact) mass is 280 g/mol. The van der Waals surface area contributed by atoms with E-state index < -0.39 is 17.5 Å². The molecule has 1 rings (SSSR count). The van der Waals surface area contributed by atoms with Crippen LogP contribution < -0.4 is 0 Å². The van der Waals surface area contributed by atoms with Crippen molar-refractivity contribution in [3.63, 3.8) is 0 Å². The number of hydrogen-bond donors (Lipinski definition) is 0. The first-order chi connectivity index (χ1) is 6.73. The smallest absolute Gasteiger partial charge is 0.294 e. The third kappa shape index (κ3) is 2.59. The number of aryl methyl sites for hydroxylation is 1. The molecule has 0 N–H and O–H groups in total. The maximum absolute atomic E-state index is 12.6. The van der Waals surface area contributed by atoms with E-state index in [0.29, 0.717) is 5.56 Å². The van der Waals surface area contributed by atoms with Crippen molar-refractivity contribution < 1.29 is 18.0 Å². The Labute approximate surface area is 93.4 Å². The maximum atomic E-state index is 12.6. The first kappa shape index (κ1) is 12.2. The highest BCUT2D eigenvalue weighted by Gasteiger charge is 2.35. The number of halogens is 4. The van der Waals surface area contributed by atoms with Crippen LogP contribution in [0.5, 0.6) is 0 Å². The molecule has 5 heteroatoms. The van der Waals surface area contributed by atoms with Crippen molar-refractivity contribution in [2.75, 3.05) is 0 Å². The quantitative estimate of drug-likeness (QED) is 0.711. The number of carbonyl (C=O) groups excluding carboxylic acids is 1. The van der Waals surface area contributed by atoms with E-state index in [9.17, 15) is 18.0 Å². The summed E-state index contributed by atoms with van der Waals surface area (Å²) >= 11 is 2.97. The summed E-state index contributed by atoms with van der Waals surface area (Å²) < 4.78 is 38.0. The van der Waals surface area contributed by atoms with Crippen LogP contribution >= 0.6 is 15.9 Å². The zero-order valence-electron chi connectivity index (χ0n) is 8.07. The van der Waals surface area contributed by atoms with Crippen molar-refractivity contribution in [2.45, 2.75) is 20.0 Å². The predicted molar refractivity (Wildman–Crippen MR) is 53.9 cm³/mol. The van der Waals surface area contributed by atoms with Crippen molar-refractivity contribution in [1.29, 1.82) is 0 Å². The summed E-state index contributed by atoms with van der Waals surface area (Å²) in [6.07, 6.45) is -4.50. The normalized spacial score (nSPS) is 11.6. The van der Waals surface area contributed by atoms with Crippen LogP contribution in [0, 0.1) is 6.92 Å². The molecular formula is C10H8BrF3O. The SMILES string of the molecule is CC(=O)c1c(Br)cc(C)cc1C(F)(F)F. The minimum atomic E-state index is -4.50. The Morgan fingerprint density at radius 2 is 1.87 bits per heavy atom. The number of carbonyl (C=O) groups is 1. The van der Waals surface area contributed by atoms with Gasteiger partial charge in [-0.05, 0) is 31.5 Å². The lowest BCUT2D eigenvalue weighted by Gasteiger charge is -2.13. The molecule has 0 heterocycles. The molecular weight excluding hydrogens is 273 g/mol. The molecule has 0 aliphatic carbocycles. The second-order valence-corrected chi connectivity index (χ2v) is 4.08. The molecule has 1 aromatic carbocycles. The molecule has 0 radical (unpaired) electrons. The van der Waals surface area contributed by atoms with E-state index in [1.807, 2.05) is 0 Å². The highest BCUT2D eigenvalue weighted by atomic mass is 79.9. The van der Waals surface area contributed by atoms with E-state index in [1.165, 1.54) is 6.07 Å². The summed E-state index contributed by atoms with van der Waals surface area (Å²) in [5, 5.41) is 0. The van der Waals surface area contributed by atoms with Crippen molar-refractivity contribution in [3.8, 4) is 0 Å². The van der Waals surface area contributed by atoms with Crippen LogP contribution in [0.1, 0.15) is 28.4 Å². The fourth-order valence-electron chi connectivity index (χ4n) is 1.32. The summed E-state index contributed by atoms with van der Waals surface area (Å²) in [4.78, 5) is 11.1. The van der Waals surface area contributed by atoms with Gasteiger partial charge in [-0.15, -0.1) is 0 Å². The number of alkyl halides is 3.